The standard InChI is InChI=1S/C11H11ClN2O3/c12-6-1-4-9(15)8(5-6)14-11(17)10(16)13-7-2-3-7/h1,4-5,7,15H,2-3H2,(H,13,16)(H,14,17). The summed E-state index contributed by atoms with van der Waals surface area (Å²) in [6, 6.07) is 4.31. The molecule has 0 radical (unpaired) electrons. The van der Waals surface area contributed by atoms with E-state index in [9.17, 15) is 14.7 Å². The third-order valence-electron chi connectivity index (χ3n) is 2.33. The zero-order valence-corrected chi connectivity index (χ0v) is 9.62. The lowest BCUT2D eigenvalue weighted by atomic mass is 10.3. The lowest BCUT2D eigenvalue weighted by Crippen LogP contribution is -2.36. The summed E-state index contributed by atoms with van der Waals surface area (Å²) < 4.78 is 0. The summed E-state index contributed by atoms with van der Waals surface area (Å²) in [6.45, 7) is 0. The molecule has 1 saturated carbocycles. The van der Waals surface area contributed by atoms with E-state index >= 15 is 0 Å². The van der Waals surface area contributed by atoms with Crippen LogP contribution in [0.15, 0.2) is 18.2 Å². The van der Waals surface area contributed by atoms with Crippen molar-refractivity contribution >= 4 is 29.1 Å². The Labute approximate surface area is 103 Å². The summed E-state index contributed by atoms with van der Waals surface area (Å²) >= 11 is 5.71. The summed E-state index contributed by atoms with van der Waals surface area (Å²) in [5, 5.41) is 14.7. The zero-order valence-electron chi connectivity index (χ0n) is 8.87. The molecule has 6 heteroatoms. The van der Waals surface area contributed by atoms with Crippen molar-refractivity contribution in [3.05, 3.63) is 23.2 Å². The van der Waals surface area contributed by atoms with Gasteiger partial charge < -0.3 is 15.7 Å². The molecule has 0 aromatic heterocycles. The van der Waals surface area contributed by atoms with Crippen LogP contribution in [0.5, 0.6) is 5.75 Å². The first-order chi connectivity index (χ1) is 8.06. The molecule has 17 heavy (non-hydrogen) atoms. The van der Waals surface area contributed by atoms with Crippen molar-refractivity contribution < 1.29 is 14.7 Å². The van der Waals surface area contributed by atoms with Gasteiger partial charge in [0.15, 0.2) is 0 Å². The molecular weight excluding hydrogens is 244 g/mol. The van der Waals surface area contributed by atoms with Crippen molar-refractivity contribution in [2.45, 2.75) is 18.9 Å². The number of carbonyl (C=O) groups excluding carboxylic acids is 2. The smallest absolute Gasteiger partial charge is 0.313 e. The number of nitrogens with one attached hydrogen (secondary N) is 2. The lowest BCUT2D eigenvalue weighted by molar-refractivity contribution is -0.136. The molecule has 0 saturated heterocycles. The molecule has 1 aromatic carbocycles. The lowest BCUT2D eigenvalue weighted by Gasteiger charge is -2.07. The number of amides is 2. The number of anilines is 1. The molecule has 2 rings (SSSR count). The first-order valence-electron chi connectivity index (χ1n) is 5.16. The molecule has 0 aliphatic heterocycles. The highest BCUT2D eigenvalue weighted by atomic mass is 35.5. The minimum atomic E-state index is -0.811. The highest BCUT2D eigenvalue weighted by molar-refractivity contribution is 6.40. The van der Waals surface area contributed by atoms with Crippen LogP contribution < -0.4 is 10.6 Å². The third kappa shape index (κ3) is 3.10. The predicted octanol–water partition coefficient (Wildman–Crippen LogP) is 1.26. The normalized spacial score (nSPS) is 14.2. The van der Waals surface area contributed by atoms with Crippen LogP contribution in [-0.2, 0) is 9.59 Å². The maximum atomic E-state index is 11.5. The van der Waals surface area contributed by atoms with Gasteiger partial charge in [-0.25, -0.2) is 0 Å². The number of aromatic hydroxyl groups is 1. The Kier molecular flexibility index (Phi) is 3.19. The number of carbonyl (C=O) groups is 2. The second-order valence-corrected chi connectivity index (χ2v) is 4.30. The fourth-order valence-corrected chi connectivity index (χ4v) is 1.44. The number of rotatable bonds is 2. The second kappa shape index (κ2) is 4.63. The highest BCUT2D eigenvalue weighted by Gasteiger charge is 2.26. The molecule has 0 heterocycles. The molecule has 0 bridgehead atoms. The maximum Gasteiger partial charge on any atom is 0.313 e. The fourth-order valence-electron chi connectivity index (χ4n) is 1.27. The molecule has 5 nitrogen and oxygen atoms in total. The van der Waals surface area contributed by atoms with Gasteiger partial charge in [-0.3, -0.25) is 9.59 Å². The molecule has 1 fully saturated rings. The van der Waals surface area contributed by atoms with E-state index in [2.05, 4.69) is 10.6 Å². The van der Waals surface area contributed by atoms with Crippen LogP contribution in [0.4, 0.5) is 5.69 Å². The van der Waals surface area contributed by atoms with Crippen molar-refractivity contribution in [1.29, 1.82) is 0 Å². The van der Waals surface area contributed by atoms with E-state index in [0.717, 1.165) is 12.8 Å². The van der Waals surface area contributed by atoms with E-state index in [0.29, 0.717) is 5.02 Å². The van der Waals surface area contributed by atoms with E-state index in [1.807, 2.05) is 0 Å². The van der Waals surface area contributed by atoms with E-state index < -0.39 is 11.8 Å². The monoisotopic (exact) mass is 254 g/mol. The average Bonchev–Trinajstić information content (AvgIpc) is 3.07. The average molecular weight is 255 g/mol. The minimum Gasteiger partial charge on any atom is -0.506 e. The van der Waals surface area contributed by atoms with Crippen LogP contribution >= 0.6 is 11.6 Å². The van der Waals surface area contributed by atoms with Gasteiger partial charge in [-0.1, -0.05) is 11.6 Å². The van der Waals surface area contributed by atoms with Crippen LogP contribution in [0.3, 0.4) is 0 Å². The molecular formula is C11H11ClN2O3. The van der Waals surface area contributed by atoms with Gasteiger partial charge >= 0.3 is 11.8 Å². The van der Waals surface area contributed by atoms with E-state index in [4.69, 9.17) is 11.6 Å². The summed E-state index contributed by atoms with van der Waals surface area (Å²) in [4.78, 5) is 22.8. The molecule has 2 amide bonds. The summed E-state index contributed by atoms with van der Waals surface area (Å²) in [6.07, 6.45) is 1.81. The maximum absolute atomic E-state index is 11.5. The number of benzene rings is 1. The predicted molar refractivity (Wildman–Crippen MR) is 62.9 cm³/mol. The molecule has 3 N–H and O–H groups in total. The summed E-state index contributed by atoms with van der Waals surface area (Å²) in [5.74, 6) is -1.65. The number of halogens is 1. The Balaban J connectivity index is 2.01. The van der Waals surface area contributed by atoms with Crippen molar-refractivity contribution in [3.63, 3.8) is 0 Å². The van der Waals surface area contributed by atoms with Crippen LogP contribution in [-0.4, -0.2) is 23.0 Å². The topological polar surface area (TPSA) is 78.4 Å². The molecule has 0 spiro atoms. The quantitative estimate of drug-likeness (QED) is 0.549. The van der Waals surface area contributed by atoms with Gasteiger partial charge in [0.1, 0.15) is 5.75 Å². The number of hydrogen-bond acceptors (Lipinski definition) is 3. The summed E-state index contributed by atoms with van der Waals surface area (Å²) in [7, 11) is 0. The Bertz CT molecular complexity index is 472. The molecule has 1 aromatic rings. The van der Waals surface area contributed by atoms with Gasteiger partial charge in [0, 0.05) is 11.1 Å². The van der Waals surface area contributed by atoms with Crippen molar-refractivity contribution in [3.8, 4) is 5.75 Å². The number of phenolic OH excluding ortho intramolecular Hbond substituents is 1. The first-order valence-corrected chi connectivity index (χ1v) is 5.54. The Hall–Kier alpha value is -1.75. The van der Waals surface area contributed by atoms with Crippen LogP contribution in [0.1, 0.15) is 12.8 Å². The van der Waals surface area contributed by atoms with Crippen molar-refractivity contribution in [2.24, 2.45) is 0 Å². The minimum absolute atomic E-state index is 0.112. The number of phenols is 1. The van der Waals surface area contributed by atoms with E-state index in [1.165, 1.54) is 18.2 Å². The largest absolute Gasteiger partial charge is 0.506 e. The second-order valence-electron chi connectivity index (χ2n) is 3.86. The van der Waals surface area contributed by atoms with Crippen LogP contribution in [0, 0.1) is 0 Å². The van der Waals surface area contributed by atoms with Gasteiger partial charge in [0.25, 0.3) is 0 Å². The first kappa shape index (κ1) is 11.7. The molecule has 1 aliphatic carbocycles. The highest BCUT2D eigenvalue weighted by Crippen LogP contribution is 2.26. The van der Waals surface area contributed by atoms with Crippen LogP contribution in [0.2, 0.25) is 5.02 Å². The molecule has 1 aliphatic rings. The van der Waals surface area contributed by atoms with Gasteiger partial charge in [0.05, 0.1) is 5.69 Å². The van der Waals surface area contributed by atoms with E-state index in [1.54, 1.807) is 0 Å². The Morgan fingerprint density at radius 1 is 1.29 bits per heavy atom. The van der Waals surface area contributed by atoms with Gasteiger partial charge in [-0.05, 0) is 31.0 Å². The molecule has 0 unspecified atom stereocenters. The van der Waals surface area contributed by atoms with Crippen molar-refractivity contribution in [2.75, 3.05) is 5.32 Å². The third-order valence-corrected chi connectivity index (χ3v) is 2.56. The zero-order chi connectivity index (χ0) is 12.4. The van der Waals surface area contributed by atoms with Gasteiger partial charge in [0.2, 0.25) is 0 Å². The number of hydrogen-bond donors (Lipinski definition) is 3. The van der Waals surface area contributed by atoms with Crippen LogP contribution in [0.25, 0.3) is 0 Å². The Morgan fingerprint density at radius 2 is 2.00 bits per heavy atom. The molecule has 0 atom stereocenters. The van der Waals surface area contributed by atoms with Gasteiger partial charge in [-0.2, -0.15) is 0 Å². The van der Waals surface area contributed by atoms with E-state index in [-0.39, 0.29) is 17.5 Å². The SMILES string of the molecule is O=C(Nc1cc(Cl)ccc1O)C(=O)NC1CC1. The molecule has 90 valence electrons. The van der Waals surface area contributed by atoms with Gasteiger partial charge in [-0.15, -0.1) is 0 Å². The fraction of sp³-hybridized carbons (Fsp3) is 0.273. The Morgan fingerprint density at radius 3 is 2.65 bits per heavy atom. The summed E-state index contributed by atoms with van der Waals surface area (Å²) in [5.41, 5.74) is 0.119. The van der Waals surface area contributed by atoms with Crippen molar-refractivity contribution in [1.82, 2.24) is 5.32 Å².